The molecule has 0 unspecified atom stereocenters. The van der Waals surface area contributed by atoms with Gasteiger partial charge in [0.15, 0.2) is 12.1 Å². The number of aromatic nitrogens is 2. The molecule has 0 saturated carbocycles. The number of ether oxygens (including phenoxy) is 1. The summed E-state index contributed by atoms with van der Waals surface area (Å²) in [6.45, 7) is 2.56. The van der Waals surface area contributed by atoms with Gasteiger partial charge in [0.2, 0.25) is 0 Å². The van der Waals surface area contributed by atoms with Gasteiger partial charge in [0, 0.05) is 18.9 Å². The van der Waals surface area contributed by atoms with Crippen LogP contribution in [0.2, 0.25) is 0 Å². The van der Waals surface area contributed by atoms with E-state index in [0.29, 0.717) is 25.3 Å². The van der Waals surface area contributed by atoms with Crippen LogP contribution in [0.3, 0.4) is 0 Å². The Morgan fingerprint density at radius 3 is 3.14 bits per heavy atom. The lowest BCUT2D eigenvalue weighted by Gasteiger charge is -2.03. The normalized spacial score (nSPS) is 9.79. The van der Waals surface area contributed by atoms with Crippen molar-refractivity contribution in [1.29, 1.82) is 0 Å². The van der Waals surface area contributed by atoms with Crippen molar-refractivity contribution in [3.63, 3.8) is 0 Å². The molecular weight excluding hydrogens is 184 g/mol. The summed E-state index contributed by atoms with van der Waals surface area (Å²) in [4.78, 5) is 25.3. The van der Waals surface area contributed by atoms with Gasteiger partial charge < -0.3 is 9.30 Å². The van der Waals surface area contributed by atoms with Crippen molar-refractivity contribution in [2.24, 2.45) is 0 Å². The van der Waals surface area contributed by atoms with Crippen molar-refractivity contribution in [3.05, 3.63) is 18.2 Å². The zero-order valence-corrected chi connectivity index (χ0v) is 7.97. The summed E-state index contributed by atoms with van der Waals surface area (Å²) in [6, 6.07) is 0. The van der Waals surface area contributed by atoms with Gasteiger partial charge in [-0.2, -0.15) is 0 Å². The van der Waals surface area contributed by atoms with Crippen LogP contribution in [0.4, 0.5) is 0 Å². The molecule has 14 heavy (non-hydrogen) atoms. The fourth-order valence-electron chi connectivity index (χ4n) is 1.07. The van der Waals surface area contributed by atoms with Crippen molar-refractivity contribution in [2.75, 3.05) is 6.61 Å². The molecule has 0 radical (unpaired) electrons. The minimum atomic E-state index is -0.266. The summed E-state index contributed by atoms with van der Waals surface area (Å²) in [5.41, 5.74) is 0. The summed E-state index contributed by atoms with van der Waals surface area (Å²) in [5, 5.41) is 0. The van der Waals surface area contributed by atoms with E-state index in [1.807, 2.05) is 0 Å². The number of imidazole rings is 1. The van der Waals surface area contributed by atoms with Crippen LogP contribution < -0.4 is 0 Å². The number of aldehydes is 1. The first kappa shape index (κ1) is 10.4. The van der Waals surface area contributed by atoms with E-state index < -0.39 is 0 Å². The minimum absolute atomic E-state index is 0.255. The Morgan fingerprint density at radius 2 is 2.50 bits per heavy atom. The highest BCUT2D eigenvalue weighted by Gasteiger charge is 2.04. The van der Waals surface area contributed by atoms with E-state index in [9.17, 15) is 9.59 Å². The van der Waals surface area contributed by atoms with Gasteiger partial charge >= 0.3 is 5.97 Å². The molecule has 5 heteroatoms. The summed E-state index contributed by atoms with van der Waals surface area (Å²) in [5.74, 6) is 0.0624. The fourth-order valence-corrected chi connectivity index (χ4v) is 1.07. The van der Waals surface area contributed by atoms with E-state index in [2.05, 4.69) is 4.98 Å². The molecule has 5 nitrogen and oxygen atoms in total. The molecule has 0 spiro atoms. The van der Waals surface area contributed by atoms with Crippen molar-refractivity contribution in [3.8, 4) is 0 Å². The number of rotatable bonds is 5. The van der Waals surface area contributed by atoms with Crippen LogP contribution in [-0.2, 0) is 16.1 Å². The molecule has 0 amide bonds. The van der Waals surface area contributed by atoms with Crippen molar-refractivity contribution in [2.45, 2.75) is 19.9 Å². The number of esters is 1. The monoisotopic (exact) mass is 196 g/mol. The fraction of sp³-hybridized carbons (Fsp3) is 0.444. The average molecular weight is 196 g/mol. The Hall–Kier alpha value is -1.65. The maximum atomic E-state index is 11.0. The van der Waals surface area contributed by atoms with Gasteiger partial charge in [0.25, 0.3) is 0 Å². The minimum Gasteiger partial charge on any atom is -0.466 e. The predicted octanol–water partition coefficient (Wildman–Crippen LogP) is 0.649. The molecular formula is C9H12N2O3. The molecule has 76 valence electrons. The van der Waals surface area contributed by atoms with E-state index in [0.717, 1.165) is 0 Å². The van der Waals surface area contributed by atoms with Crippen molar-refractivity contribution < 1.29 is 14.3 Å². The standard InChI is InChI=1S/C9H12N2O3/c1-2-14-9(13)3-5-11-6-4-10-8(11)7-12/h4,6-7H,2-3,5H2,1H3. The SMILES string of the molecule is CCOC(=O)CCn1ccnc1C=O. The topological polar surface area (TPSA) is 61.2 Å². The largest absolute Gasteiger partial charge is 0.466 e. The first-order valence-corrected chi connectivity index (χ1v) is 4.40. The molecule has 0 aliphatic heterocycles. The third-order valence-corrected chi connectivity index (χ3v) is 1.72. The molecule has 1 rings (SSSR count). The highest BCUT2D eigenvalue weighted by atomic mass is 16.5. The van der Waals surface area contributed by atoms with Gasteiger partial charge in [-0.1, -0.05) is 0 Å². The van der Waals surface area contributed by atoms with Crippen molar-refractivity contribution >= 4 is 12.3 Å². The molecule has 1 heterocycles. The van der Waals surface area contributed by atoms with Gasteiger partial charge in [-0.25, -0.2) is 4.98 Å². The zero-order valence-electron chi connectivity index (χ0n) is 7.97. The molecule has 0 aliphatic carbocycles. The van der Waals surface area contributed by atoms with Gasteiger partial charge in [-0.05, 0) is 6.92 Å². The highest BCUT2D eigenvalue weighted by Crippen LogP contribution is 1.97. The predicted molar refractivity (Wildman–Crippen MR) is 48.9 cm³/mol. The number of hydrogen-bond donors (Lipinski definition) is 0. The lowest BCUT2D eigenvalue weighted by molar-refractivity contribution is -0.143. The first-order chi connectivity index (χ1) is 6.77. The Balaban J connectivity index is 2.45. The maximum absolute atomic E-state index is 11.0. The van der Waals surface area contributed by atoms with E-state index in [4.69, 9.17) is 4.74 Å². The maximum Gasteiger partial charge on any atom is 0.307 e. The molecule has 0 aliphatic rings. The second-order valence-electron chi connectivity index (χ2n) is 2.65. The van der Waals surface area contributed by atoms with Gasteiger partial charge in [0.05, 0.1) is 13.0 Å². The quantitative estimate of drug-likeness (QED) is 0.512. The smallest absolute Gasteiger partial charge is 0.307 e. The Kier molecular flexibility index (Phi) is 3.84. The van der Waals surface area contributed by atoms with Crippen LogP contribution in [-0.4, -0.2) is 28.4 Å². The second kappa shape index (κ2) is 5.16. The molecule has 1 aromatic heterocycles. The van der Waals surface area contributed by atoms with Crippen molar-refractivity contribution in [1.82, 2.24) is 9.55 Å². The van der Waals surface area contributed by atoms with E-state index >= 15 is 0 Å². The third kappa shape index (κ3) is 2.69. The molecule has 0 saturated heterocycles. The first-order valence-electron chi connectivity index (χ1n) is 4.40. The molecule has 0 aromatic carbocycles. The van der Waals surface area contributed by atoms with E-state index in [1.54, 1.807) is 17.7 Å². The van der Waals surface area contributed by atoms with E-state index in [-0.39, 0.29) is 12.4 Å². The van der Waals surface area contributed by atoms with E-state index in [1.165, 1.54) is 6.20 Å². The Bertz CT molecular complexity index is 320. The van der Waals surface area contributed by atoms with Gasteiger partial charge in [0.1, 0.15) is 0 Å². The van der Waals surface area contributed by atoms with Crippen LogP contribution >= 0.6 is 0 Å². The number of carbonyl (C=O) groups excluding carboxylic acids is 2. The van der Waals surface area contributed by atoms with Gasteiger partial charge in [-0.3, -0.25) is 9.59 Å². The second-order valence-corrected chi connectivity index (χ2v) is 2.65. The average Bonchev–Trinajstić information content (AvgIpc) is 2.62. The highest BCUT2D eigenvalue weighted by molar-refractivity contribution is 5.70. The number of aryl methyl sites for hydroxylation is 1. The number of hydrogen-bond acceptors (Lipinski definition) is 4. The van der Waals surface area contributed by atoms with Crippen LogP contribution in [0, 0.1) is 0 Å². The molecule has 0 fully saturated rings. The summed E-state index contributed by atoms with van der Waals surface area (Å²) in [7, 11) is 0. The Labute approximate surface area is 81.7 Å². The van der Waals surface area contributed by atoms with Gasteiger partial charge in [-0.15, -0.1) is 0 Å². The lowest BCUT2D eigenvalue weighted by atomic mass is 10.4. The molecule has 0 atom stereocenters. The molecule has 0 bridgehead atoms. The number of carbonyl (C=O) groups is 2. The van der Waals surface area contributed by atoms with Crippen LogP contribution in [0.5, 0.6) is 0 Å². The Morgan fingerprint density at radius 1 is 1.71 bits per heavy atom. The summed E-state index contributed by atoms with van der Waals surface area (Å²) >= 11 is 0. The lowest BCUT2D eigenvalue weighted by Crippen LogP contribution is -2.10. The summed E-state index contributed by atoms with van der Waals surface area (Å²) < 4.78 is 6.37. The van der Waals surface area contributed by atoms with Crippen LogP contribution in [0.1, 0.15) is 24.0 Å². The third-order valence-electron chi connectivity index (χ3n) is 1.72. The summed E-state index contributed by atoms with van der Waals surface area (Å²) in [6.07, 6.45) is 4.09. The number of nitrogens with zero attached hydrogens (tertiary/aromatic N) is 2. The van der Waals surface area contributed by atoms with Crippen LogP contribution in [0.25, 0.3) is 0 Å². The molecule has 1 aromatic rings. The van der Waals surface area contributed by atoms with Crippen LogP contribution in [0.15, 0.2) is 12.4 Å². The molecule has 0 N–H and O–H groups in total. The zero-order chi connectivity index (χ0) is 10.4.